The second-order valence-electron chi connectivity index (χ2n) is 7.87. The van der Waals surface area contributed by atoms with Gasteiger partial charge in [0.1, 0.15) is 23.4 Å². The van der Waals surface area contributed by atoms with Crippen LogP contribution in [0, 0.1) is 0 Å². The lowest BCUT2D eigenvalue weighted by Gasteiger charge is -2.24. The van der Waals surface area contributed by atoms with Gasteiger partial charge in [-0.25, -0.2) is 0 Å². The third-order valence-electron chi connectivity index (χ3n) is 5.73. The van der Waals surface area contributed by atoms with Gasteiger partial charge in [0, 0.05) is 12.0 Å². The number of hydrogen-bond donors (Lipinski definition) is 1. The smallest absolute Gasteiger partial charge is 0.296 e. The number of aliphatic hydroxyl groups is 1. The number of ether oxygens (including phenoxy) is 1. The number of amides is 1. The van der Waals surface area contributed by atoms with Crippen molar-refractivity contribution in [1.82, 2.24) is 4.90 Å². The highest BCUT2D eigenvalue weighted by atomic mass is 16.5. The molecule has 6 nitrogen and oxygen atoms in total. The number of Topliss-reactive ketones (excluding diaryl/α,β-unsaturated/α-hetero) is 1. The van der Waals surface area contributed by atoms with E-state index in [0.717, 1.165) is 23.3 Å². The molecule has 2 unspecified atom stereocenters. The fourth-order valence-corrected chi connectivity index (χ4v) is 4.32. The maximum atomic E-state index is 13.1. The monoisotopic (exact) mass is 415 g/mol. The van der Waals surface area contributed by atoms with Gasteiger partial charge in [0.2, 0.25) is 0 Å². The number of carbonyl (C=O) groups excluding carboxylic acids is 2. The molecule has 0 aliphatic carbocycles. The van der Waals surface area contributed by atoms with Crippen LogP contribution < -0.4 is 4.74 Å². The lowest BCUT2D eigenvalue weighted by Crippen LogP contribution is -2.29. The lowest BCUT2D eigenvalue weighted by molar-refractivity contribution is -0.140. The van der Waals surface area contributed by atoms with E-state index in [-0.39, 0.29) is 24.0 Å². The molecule has 156 valence electrons. The van der Waals surface area contributed by atoms with Crippen molar-refractivity contribution in [2.75, 3.05) is 0 Å². The first-order chi connectivity index (χ1) is 15.0. The summed E-state index contributed by atoms with van der Waals surface area (Å²) in [6.07, 6.45) is 2.32. The Bertz CT molecular complexity index is 1180. The predicted molar refractivity (Wildman–Crippen MR) is 113 cm³/mol. The van der Waals surface area contributed by atoms with Gasteiger partial charge < -0.3 is 19.2 Å². The van der Waals surface area contributed by atoms with Gasteiger partial charge in [-0.15, -0.1) is 0 Å². The van der Waals surface area contributed by atoms with E-state index < -0.39 is 17.7 Å². The molecule has 1 fully saturated rings. The van der Waals surface area contributed by atoms with E-state index in [1.54, 1.807) is 24.3 Å². The van der Waals surface area contributed by atoms with Gasteiger partial charge in [-0.2, -0.15) is 0 Å². The average molecular weight is 415 g/mol. The molecule has 0 radical (unpaired) electrons. The molecule has 2 aliphatic heterocycles. The Labute approximate surface area is 179 Å². The van der Waals surface area contributed by atoms with Crippen LogP contribution in [0.2, 0.25) is 0 Å². The van der Waals surface area contributed by atoms with Crippen LogP contribution in [-0.4, -0.2) is 27.8 Å². The number of rotatable bonds is 4. The van der Waals surface area contributed by atoms with Gasteiger partial charge in [-0.3, -0.25) is 9.59 Å². The highest BCUT2D eigenvalue weighted by molar-refractivity contribution is 6.46. The number of furan rings is 1. The fraction of sp³-hybridized carbons (Fsp3) is 0.200. The van der Waals surface area contributed by atoms with Crippen molar-refractivity contribution in [1.29, 1.82) is 0 Å². The number of aliphatic hydroxyl groups excluding tert-OH is 1. The minimum absolute atomic E-state index is 0.0654. The zero-order valence-corrected chi connectivity index (χ0v) is 16.9. The SMILES string of the molecule is CC1Cc2cc(/C(O)=C3/C(=O)C(=O)N(Cc4ccco4)C3c3ccccc3)ccc2O1. The van der Waals surface area contributed by atoms with Crippen molar-refractivity contribution in [2.24, 2.45) is 0 Å². The van der Waals surface area contributed by atoms with Gasteiger partial charge in [-0.05, 0) is 48.4 Å². The topological polar surface area (TPSA) is 80.0 Å². The van der Waals surface area contributed by atoms with Gasteiger partial charge in [-0.1, -0.05) is 30.3 Å². The zero-order valence-electron chi connectivity index (χ0n) is 16.9. The van der Waals surface area contributed by atoms with Crippen LogP contribution in [0.5, 0.6) is 5.75 Å². The minimum Gasteiger partial charge on any atom is -0.507 e. The molecule has 0 bridgehead atoms. The summed E-state index contributed by atoms with van der Waals surface area (Å²) in [6.45, 7) is 2.11. The summed E-state index contributed by atoms with van der Waals surface area (Å²) in [7, 11) is 0. The van der Waals surface area contributed by atoms with Gasteiger partial charge in [0.25, 0.3) is 11.7 Å². The van der Waals surface area contributed by atoms with Crippen LogP contribution in [0.1, 0.15) is 35.4 Å². The van der Waals surface area contributed by atoms with Crippen molar-refractivity contribution in [3.63, 3.8) is 0 Å². The molecule has 3 aromatic rings. The Morgan fingerprint density at radius 1 is 1.10 bits per heavy atom. The number of carbonyl (C=O) groups is 2. The van der Waals surface area contributed by atoms with E-state index in [1.165, 1.54) is 11.2 Å². The molecule has 2 aliphatic rings. The molecule has 31 heavy (non-hydrogen) atoms. The Morgan fingerprint density at radius 2 is 1.90 bits per heavy atom. The zero-order chi connectivity index (χ0) is 21.5. The molecule has 6 heteroatoms. The maximum absolute atomic E-state index is 13.1. The third-order valence-corrected chi connectivity index (χ3v) is 5.73. The van der Waals surface area contributed by atoms with Crippen LogP contribution >= 0.6 is 0 Å². The number of hydrogen-bond acceptors (Lipinski definition) is 5. The molecule has 1 amide bonds. The summed E-state index contributed by atoms with van der Waals surface area (Å²) in [6, 6.07) is 17.4. The molecule has 0 saturated carbocycles. The summed E-state index contributed by atoms with van der Waals surface area (Å²) >= 11 is 0. The molecule has 1 N–H and O–H groups in total. The van der Waals surface area contributed by atoms with E-state index in [4.69, 9.17) is 9.15 Å². The van der Waals surface area contributed by atoms with E-state index in [9.17, 15) is 14.7 Å². The largest absolute Gasteiger partial charge is 0.507 e. The Kier molecular flexibility index (Phi) is 4.62. The Hall–Kier alpha value is -3.80. The van der Waals surface area contributed by atoms with Crippen molar-refractivity contribution in [3.05, 3.63) is 95.0 Å². The normalized spacial score (nSPS) is 21.9. The molecule has 1 aromatic heterocycles. The Morgan fingerprint density at radius 3 is 2.65 bits per heavy atom. The fourth-order valence-electron chi connectivity index (χ4n) is 4.32. The standard InChI is InChI=1S/C25H21NO5/c1-15-12-18-13-17(9-10-20(18)31-15)23(27)21-22(16-6-3-2-4-7-16)26(25(29)24(21)28)14-19-8-5-11-30-19/h2-11,13,15,22,27H,12,14H2,1H3/b23-21-. The first kappa shape index (κ1) is 19.2. The molecule has 2 atom stereocenters. The van der Waals surface area contributed by atoms with E-state index >= 15 is 0 Å². The van der Waals surface area contributed by atoms with Crippen molar-refractivity contribution in [2.45, 2.75) is 32.0 Å². The van der Waals surface area contributed by atoms with Crippen LogP contribution in [0.15, 0.2) is 76.9 Å². The summed E-state index contributed by atoms with van der Waals surface area (Å²) in [5, 5.41) is 11.2. The van der Waals surface area contributed by atoms with Crippen LogP contribution in [-0.2, 0) is 22.6 Å². The van der Waals surface area contributed by atoms with Gasteiger partial charge in [0.05, 0.1) is 24.4 Å². The summed E-state index contributed by atoms with van der Waals surface area (Å²) < 4.78 is 11.1. The van der Waals surface area contributed by atoms with Crippen LogP contribution in [0.4, 0.5) is 0 Å². The van der Waals surface area contributed by atoms with Crippen molar-refractivity contribution < 1.29 is 23.8 Å². The Balaban J connectivity index is 1.62. The first-order valence-corrected chi connectivity index (χ1v) is 10.2. The molecule has 2 aromatic carbocycles. The summed E-state index contributed by atoms with van der Waals surface area (Å²) in [5.74, 6) is -0.210. The van der Waals surface area contributed by atoms with Crippen LogP contribution in [0.25, 0.3) is 5.76 Å². The van der Waals surface area contributed by atoms with Crippen molar-refractivity contribution in [3.8, 4) is 5.75 Å². The second-order valence-corrected chi connectivity index (χ2v) is 7.87. The number of nitrogens with zero attached hydrogens (tertiary/aromatic N) is 1. The molecular weight excluding hydrogens is 394 g/mol. The van der Waals surface area contributed by atoms with Gasteiger partial charge >= 0.3 is 0 Å². The predicted octanol–water partition coefficient (Wildman–Crippen LogP) is 4.22. The number of likely N-dealkylation sites (tertiary alicyclic amines) is 1. The van der Waals surface area contributed by atoms with Gasteiger partial charge in [0.15, 0.2) is 0 Å². The van der Waals surface area contributed by atoms with E-state index in [2.05, 4.69) is 0 Å². The number of fused-ring (bicyclic) bond motifs is 1. The molecule has 0 spiro atoms. The average Bonchev–Trinajstić information content (AvgIpc) is 3.48. The number of benzene rings is 2. The third kappa shape index (κ3) is 3.30. The minimum atomic E-state index is -0.713. The maximum Gasteiger partial charge on any atom is 0.296 e. The van der Waals surface area contributed by atoms with E-state index in [1.807, 2.05) is 43.3 Å². The highest BCUT2D eigenvalue weighted by Crippen LogP contribution is 2.41. The molecular formula is C25H21NO5. The quantitative estimate of drug-likeness (QED) is 0.392. The molecule has 1 saturated heterocycles. The van der Waals surface area contributed by atoms with Crippen LogP contribution in [0.3, 0.4) is 0 Å². The van der Waals surface area contributed by atoms with E-state index in [0.29, 0.717) is 11.3 Å². The van der Waals surface area contributed by atoms with Crippen molar-refractivity contribution >= 4 is 17.4 Å². The summed E-state index contributed by atoms with van der Waals surface area (Å²) in [4.78, 5) is 27.5. The number of ketones is 1. The molecule has 5 rings (SSSR count). The first-order valence-electron chi connectivity index (χ1n) is 10.2. The summed E-state index contributed by atoms with van der Waals surface area (Å²) in [5.41, 5.74) is 2.29. The second kappa shape index (κ2) is 7.47. The highest BCUT2D eigenvalue weighted by Gasteiger charge is 2.46. The molecule has 3 heterocycles. The lowest BCUT2D eigenvalue weighted by atomic mass is 9.94.